The van der Waals surface area contributed by atoms with E-state index in [0.717, 1.165) is 64.2 Å². The summed E-state index contributed by atoms with van der Waals surface area (Å²) in [5.41, 5.74) is 0. The van der Waals surface area contributed by atoms with Crippen molar-refractivity contribution >= 4 is 11.9 Å². The lowest BCUT2D eigenvalue weighted by Crippen LogP contribution is -2.63. The highest BCUT2D eigenvalue weighted by Crippen LogP contribution is 2.31. The molecule has 2 aliphatic heterocycles. The molecule has 0 aromatic rings. The number of rotatable bonds is 23. The number of carbonyl (C=O) groups excluding carboxylic acids is 1. The fourth-order valence-corrected chi connectivity index (χ4v) is 6.07. The molecule has 0 radical (unpaired) electrons. The van der Waals surface area contributed by atoms with Crippen LogP contribution in [-0.4, -0.2) is 116 Å². The molecule has 47 heavy (non-hydrogen) atoms. The zero-order valence-electron chi connectivity index (χ0n) is 28.8. The fraction of sp³-hybridized carbons (Fsp3) is 0.941. The lowest BCUT2D eigenvalue weighted by atomic mass is 9.97. The minimum Gasteiger partial charge on any atom is -0.481 e. The van der Waals surface area contributed by atoms with E-state index in [1.54, 1.807) is 6.92 Å². The molecule has 0 aliphatic carbocycles. The van der Waals surface area contributed by atoms with Crippen LogP contribution in [0.5, 0.6) is 0 Å². The van der Waals surface area contributed by atoms with Crippen molar-refractivity contribution in [2.24, 2.45) is 0 Å². The van der Waals surface area contributed by atoms with Crippen LogP contribution in [0.15, 0.2) is 0 Å². The Kier molecular flexibility index (Phi) is 19.8. The van der Waals surface area contributed by atoms with Crippen LogP contribution in [0.4, 0.5) is 0 Å². The van der Waals surface area contributed by atoms with Crippen molar-refractivity contribution in [2.75, 3.05) is 0 Å². The molecule has 2 aliphatic rings. The maximum atomic E-state index is 13.2. The highest BCUT2D eigenvalue weighted by molar-refractivity contribution is 5.72. The Morgan fingerprint density at radius 2 is 1.11 bits per heavy atom. The van der Waals surface area contributed by atoms with E-state index in [1.807, 2.05) is 0 Å². The third kappa shape index (κ3) is 14.5. The first kappa shape index (κ1) is 41.7. The van der Waals surface area contributed by atoms with Crippen molar-refractivity contribution in [2.45, 2.75) is 204 Å². The van der Waals surface area contributed by atoms with Gasteiger partial charge >= 0.3 is 11.9 Å². The Balaban J connectivity index is 2.13. The Morgan fingerprint density at radius 3 is 1.66 bits per heavy atom. The van der Waals surface area contributed by atoms with E-state index >= 15 is 0 Å². The van der Waals surface area contributed by atoms with Crippen LogP contribution < -0.4 is 0 Å². The van der Waals surface area contributed by atoms with Crippen LogP contribution in [0.1, 0.15) is 130 Å². The molecule has 2 saturated heterocycles. The molecule has 0 aromatic heterocycles. The van der Waals surface area contributed by atoms with E-state index in [0.29, 0.717) is 12.8 Å². The number of aliphatic carboxylic acids is 1. The summed E-state index contributed by atoms with van der Waals surface area (Å²) in [6, 6.07) is 0. The molecule has 0 amide bonds. The van der Waals surface area contributed by atoms with Crippen LogP contribution >= 0.6 is 0 Å². The van der Waals surface area contributed by atoms with Crippen molar-refractivity contribution < 1.29 is 63.9 Å². The predicted octanol–water partition coefficient (Wildman–Crippen LogP) is 3.33. The lowest BCUT2D eigenvalue weighted by Gasteiger charge is -2.46. The number of aliphatic hydroxyl groups excluding tert-OH is 5. The summed E-state index contributed by atoms with van der Waals surface area (Å²) < 4.78 is 29.2. The van der Waals surface area contributed by atoms with Crippen LogP contribution in [0, 0.1) is 0 Å². The van der Waals surface area contributed by atoms with Gasteiger partial charge in [-0.05, 0) is 33.1 Å². The van der Waals surface area contributed by atoms with Gasteiger partial charge in [-0.2, -0.15) is 0 Å². The number of aliphatic hydroxyl groups is 5. The molecule has 0 aromatic carbocycles. The van der Waals surface area contributed by atoms with Crippen LogP contribution in [0.3, 0.4) is 0 Å². The summed E-state index contributed by atoms with van der Waals surface area (Å²) in [5.74, 6) is -1.66. The first-order chi connectivity index (χ1) is 22.4. The number of ether oxygens (including phenoxy) is 5. The topological polar surface area (TPSA) is 202 Å². The monoisotopic (exact) mass is 678 g/mol. The molecule has 2 unspecified atom stereocenters. The van der Waals surface area contributed by atoms with E-state index in [-0.39, 0.29) is 12.8 Å². The summed E-state index contributed by atoms with van der Waals surface area (Å²) >= 11 is 0. The van der Waals surface area contributed by atoms with Crippen molar-refractivity contribution in [3.63, 3.8) is 0 Å². The first-order valence-corrected chi connectivity index (χ1v) is 17.8. The quantitative estimate of drug-likeness (QED) is 0.0680. The third-order valence-corrected chi connectivity index (χ3v) is 9.06. The smallest absolute Gasteiger partial charge is 0.308 e. The molecular weight excluding hydrogens is 616 g/mol. The molecule has 2 fully saturated rings. The summed E-state index contributed by atoms with van der Waals surface area (Å²) in [5, 5.41) is 61.8. The minimum atomic E-state index is -1.67. The third-order valence-electron chi connectivity index (χ3n) is 9.06. The van der Waals surface area contributed by atoms with Crippen LogP contribution in [0.25, 0.3) is 0 Å². The Labute approximate surface area is 279 Å². The van der Waals surface area contributed by atoms with E-state index in [4.69, 9.17) is 23.7 Å². The van der Waals surface area contributed by atoms with Gasteiger partial charge in [0.25, 0.3) is 0 Å². The number of esters is 1. The molecule has 0 bridgehead atoms. The fourth-order valence-electron chi connectivity index (χ4n) is 6.07. The number of carboxylic acids is 1. The normalized spacial score (nSPS) is 32.5. The van der Waals surface area contributed by atoms with E-state index < -0.39 is 85.6 Å². The predicted molar refractivity (Wildman–Crippen MR) is 171 cm³/mol. The molecule has 276 valence electrons. The highest BCUT2D eigenvalue weighted by atomic mass is 16.8. The van der Waals surface area contributed by atoms with E-state index in [9.17, 15) is 40.2 Å². The number of hydrogen-bond donors (Lipinski definition) is 6. The number of carboxylic acid groups (broad SMARTS) is 1. The molecule has 12 atom stereocenters. The van der Waals surface area contributed by atoms with Gasteiger partial charge in [0, 0.05) is 0 Å². The molecule has 0 saturated carbocycles. The highest BCUT2D eigenvalue weighted by Gasteiger charge is 2.50. The molecule has 2 rings (SSSR count). The molecule has 6 N–H and O–H groups in total. The first-order valence-electron chi connectivity index (χ1n) is 17.8. The van der Waals surface area contributed by atoms with Crippen molar-refractivity contribution in [3.8, 4) is 0 Å². The Bertz CT molecular complexity index is 875. The second-order valence-corrected chi connectivity index (χ2v) is 13.3. The number of carbonyl (C=O) groups is 2. The van der Waals surface area contributed by atoms with Crippen LogP contribution in [0.2, 0.25) is 0 Å². The lowest BCUT2D eigenvalue weighted by molar-refractivity contribution is -0.366. The SMILES string of the molecule is CCCCCCCCCC(CC(=O)O)OC(=O)CC(CCCCCCC)O[C@@H]1O[C@@H](C)[C@H](O)[C@@H](O)[C@H]1O[C@@H]1O[C@@H](C)[C@H](O)[C@@H](O)[C@H]1O. The zero-order chi connectivity index (χ0) is 34.9. The average Bonchev–Trinajstić information content (AvgIpc) is 3.02. The van der Waals surface area contributed by atoms with Crippen molar-refractivity contribution in [1.82, 2.24) is 0 Å². The minimum absolute atomic E-state index is 0.203. The summed E-state index contributed by atoms with van der Waals surface area (Å²) in [6.45, 7) is 7.30. The molecular formula is C34H62O13. The maximum Gasteiger partial charge on any atom is 0.308 e. The van der Waals surface area contributed by atoms with Gasteiger partial charge in [0.15, 0.2) is 12.6 Å². The second-order valence-electron chi connectivity index (χ2n) is 13.3. The zero-order valence-corrected chi connectivity index (χ0v) is 28.8. The standard InChI is InChI=1S/C34H62O13/c1-5-7-9-11-12-14-16-17-23(19-25(35)36)45-26(37)20-24(18-15-13-10-8-6-2)46-34-32(30(41)28(39)22(4)44-34)47-33-31(42)29(40)27(38)21(3)43-33/h21-24,27-34,38-42H,5-20H2,1-4H3,(H,35,36)/t21-,22-,23?,24?,27-,28-,29+,30+,31+,32+,33-,34-/m0/s1. The van der Waals surface area contributed by atoms with Gasteiger partial charge in [-0.25, -0.2) is 0 Å². The Morgan fingerprint density at radius 1 is 0.617 bits per heavy atom. The molecule has 13 nitrogen and oxygen atoms in total. The van der Waals surface area contributed by atoms with Gasteiger partial charge in [0.05, 0.1) is 31.2 Å². The molecule has 2 heterocycles. The average molecular weight is 679 g/mol. The van der Waals surface area contributed by atoms with Crippen molar-refractivity contribution in [3.05, 3.63) is 0 Å². The summed E-state index contributed by atoms with van der Waals surface area (Å²) in [7, 11) is 0. The van der Waals surface area contributed by atoms with E-state index in [2.05, 4.69) is 13.8 Å². The number of unbranched alkanes of at least 4 members (excludes halogenated alkanes) is 10. The van der Waals surface area contributed by atoms with Gasteiger partial charge in [-0.1, -0.05) is 84.5 Å². The second kappa shape index (κ2) is 22.3. The van der Waals surface area contributed by atoms with Gasteiger partial charge in [-0.3, -0.25) is 9.59 Å². The van der Waals surface area contributed by atoms with Gasteiger partial charge in [0.2, 0.25) is 0 Å². The van der Waals surface area contributed by atoms with E-state index in [1.165, 1.54) is 19.8 Å². The van der Waals surface area contributed by atoms with Gasteiger partial charge < -0.3 is 54.3 Å². The number of hydrogen-bond acceptors (Lipinski definition) is 12. The van der Waals surface area contributed by atoms with Gasteiger partial charge in [0.1, 0.15) is 42.7 Å². The Hall–Kier alpha value is -1.42. The summed E-state index contributed by atoms with van der Waals surface area (Å²) in [6.07, 6.45) is -2.54. The largest absolute Gasteiger partial charge is 0.481 e. The van der Waals surface area contributed by atoms with Crippen molar-refractivity contribution in [1.29, 1.82) is 0 Å². The maximum absolute atomic E-state index is 13.2. The van der Waals surface area contributed by atoms with Gasteiger partial charge in [-0.15, -0.1) is 0 Å². The van der Waals surface area contributed by atoms with Crippen LogP contribution in [-0.2, 0) is 33.3 Å². The molecule has 13 heteroatoms. The summed E-state index contributed by atoms with van der Waals surface area (Å²) in [4.78, 5) is 24.7. The molecule has 0 spiro atoms.